The molecule has 2 amide bonds. The third-order valence-corrected chi connectivity index (χ3v) is 6.19. The Bertz CT molecular complexity index is 1430. The van der Waals surface area contributed by atoms with Crippen LogP contribution in [0.5, 0.6) is 0 Å². The van der Waals surface area contributed by atoms with E-state index in [9.17, 15) is 28.5 Å². The number of rotatable bonds is 9. The van der Waals surface area contributed by atoms with Gasteiger partial charge in [-0.05, 0) is 41.5 Å². The number of nitro benzene ring substituents is 1. The first-order valence-corrected chi connectivity index (χ1v) is 11.9. The van der Waals surface area contributed by atoms with E-state index in [0.29, 0.717) is 10.6 Å². The fourth-order valence-electron chi connectivity index (χ4n) is 3.47. The molecule has 0 bridgehead atoms. The van der Waals surface area contributed by atoms with Crippen molar-refractivity contribution in [2.45, 2.75) is 19.6 Å². The molecule has 1 aromatic heterocycles. The zero-order valence-electron chi connectivity index (χ0n) is 19.3. The number of non-ortho nitro benzene ring substituents is 1. The molecule has 8 nitrogen and oxygen atoms in total. The number of carbonyl (C=O) groups excluding carboxylic acids is 2. The van der Waals surface area contributed by atoms with Crippen LogP contribution in [0, 0.1) is 21.7 Å². The summed E-state index contributed by atoms with van der Waals surface area (Å²) in [6.07, 6.45) is 0. The smallest absolute Gasteiger partial charge is 0.271 e. The van der Waals surface area contributed by atoms with Gasteiger partial charge >= 0.3 is 0 Å². The minimum absolute atomic E-state index is 0.0226. The Morgan fingerprint density at radius 3 is 2.24 bits per heavy atom. The molecule has 0 fully saturated rings. The molecule has 4 aromatic rings. The Hall–Kier alpha value is -4.51. The number of nitrogens with zero attached hydrogens (tertiary/aromatic N) is 3. The van der Waals surface area contributed by atoms with Crippen LogP contribution in [0.4, 0.5) is 14.5 Å². The second kappa shape index (κ2) is 11.5. The third-order valence-electron chi connectivity index (χ3n) is 5.35. The number of nitro groups is 1. The highest BCUT2D eigenvalue weighted by atomic mass is 32.1. The highest BCUT2D eigenvalue weighted by Gasteiger charge is 2.21. The van der Waals surface area contributed by atoms with Crippen molar-refractivity contribution in [3.05, 3.63) is 127 Å². The maximum atomic E-state index is 13.4. The van der Waals surface area contributed by atoms with E-state index in [2.05, 4.69) is 10.3 Å². The molecule has 37 heavy (non-hydrogen) atoms. The van der Waals surface area contributed by atoms with Crippen LogP contribution in [0.3, 0.4) is 0 Å². The van der Waals surface area contributed by atoms with Crippen LogP contribution in [-0.4, -0.2) is 26.6 Å². The number of benzene rings is 3. The maximum absolute atomic E-state index is 13.4. The van der Waals surface area contributed by atoms with E-state index in [1.165, 1.54) is 64.8 Å². The van der Waals surface area contributed by atoms with Crippen LogP contribution in [0.1, 0.15) is 37.0 Å². The Morgan fingerprint density at radius 1 is 0.946 bits per heavy atom. The van der Waals surface area contributed by atoms with Gasteiger partial charge in [-0.15, -0.1) is 11.3 Å². The molecule has 0 aliphatic carbocycles. The predicted molar refractivity (Wildman–Crippen MR) is 133 cm³/mol. The van der Waals surface area contributed by atoms with Gasteiger partial charge in [-0.25, -0.2) is 13.8 Å². The van der Waals surface area contributed by atoms with Crippen molar-refractivity contribution in [3.63, 3.8) is 0 Å². The quantitative estimate of drug-likeness (QED) is 0.243. The van der Waals surface area contributed by atoms with E-state index in [0.717, 1.165) is 5.56 Å². The lowest BCUT2D eigenvalue weighted by atomic mass is 10.1. The topological polar surface area (TPSA) is 105 Å². The largest absolute Gasteiger partial charge is 0.347 e. The fourth-order valence-corrected chi connectivity index (χ4v) is 4.26. The highest BCUT2D eigenvalue weighted by molar-refractivity contribution is 7.09. The Balaban J connectivity index is 1.51. The van der Waals surface area contributed by atoms with Gasteiger partial charge < -0.3 is 10.2 Å². The Morgan fingerprint density at radius 2 is 1.59 bits per heavy atom. The van der Waals surface area contributed by atoms with Crippen molar-refractivity contribution in [3.8, 4) is 0 Å². The molecule has 0 aliphatic heterocycles. The molecule has 0 unspecified atom stereocenters. The van der Waals surface area contributed by atoms with Crippen molar-refractivity contribution in [2.24, 2.45) is 0 Å². The first-order valence-electron chi connectivity index (χ1n) is 11.0. The molecule has 188 valence electrons. The molecule has 1 N–H and O–H groups in total. The molecular weight excluding hydrogens is 502 g/mol. The van der Waals surface area contributed by atoms with Gasteiger partial charge in [0.25, 0.3) is 17.5 Å². The van der Waals surface area contributed by atoms with E-state index in [-0.39, 0.29) is 42.4 Å². The molecule has 1 heterocycles. The van der Waals surface area contributed by atoms with Crippen LogP contribution >= 0.6 is 11.3 Å². The van der Waals surface area contributed by atoms with Gasteiger partial charge in [0.15, 0.2) is 0 Å². The third kappa shape index (κ3) is 6.79. The summed E-state index contributed by atoms with van der Waals surface area (Å²) in [4.78, 5) is 42.2. The number of hydrogen-bond donors (Lipinski definition) is 1. The number of thiazole rings is 1. The summed E-state index contributed by atoms with van der Waals surface area (Å²) in [5, 5.41) is 15.9. The maximum Gasteiger partial charge on any atom is 0.271 e. The molecule has 4 rings (SSSR count). The normalized spacial score (nSPS) is 10.6. The van der Waals surface area contributed by atoms with Crippen molar-refractivity contribution in [1.82, 2.24) is 15.2 Å². The highest BCUT2D eigenvalue weighted by Crippen LogP contribution is 2.20. The van der Waals surface area contributed by atoms with Gasteiger partial charge in [-0.1, -0.05) is 30.3 Å². The second-order valence-corrected chi connectivity index (χ2v) is 8.97. The van der Waals surface area contributed by atoms with Gasteiger partial charge in [0.2, 0.25) is 0 Å². The number of nitrogens with one attached hydrogen (secondary N) is 1. The van der Waals surface area contributed by atoms with Crippen LogP contribution in [0.15, 0.2) is 78.2 Å². The van der Waals surface area contributed by atoms with Gasteiger partial charge in [-0.2, -0.15) is 0 Å². The molecule has 0 radical (unpaired) electrons. The minimum Gasteiger partial charge on any atom is -0.347 e. The molecule has 11 heteroatoms. The van der Waals surface area contributed by atoms with Crippen LogP contribution in [0.25, 0.3) is 0 Å². The lowest BCUT2D eigenvalue weighted by molar-refractivity contribution is -0.384. The molecular formula is C26H20F2N4O4S. The fraction of sp³-hybridized carbons (Fsp3) is 0.115. The van der Waals surface area contributed by atoms with Crippen LogP contribution in [-0.2, 0) is 19.6 Å². The summed E-state index contributed by atoms with van der Waals surface area (Å²) in [5.74, 6) is -1.70. The Kier molecular flexibility index (Phi) is 7.94. The average Bonchev–Trinajstić information content (AvgIpc) is 3.37. The molecule has 0 saturated heterocycles. The SMILES string of the molecule is O=C(NCc1ccc(F)cc1)c1csc(CN(Cc2ccc(F)cc2)C(=O)c2cccc([N+](=O)[O-])c2)n1. The number of amides is 2. The summed E-state index contributed by atoms with van der Waals surface area (Å²) in [5.41, 5.74) is 1.42. The summed E-state index contributed by atoms with van der Waals surface area (Å²) < 4.78 is 26.4. The van der Waals surface area contributed by atoms with E-state index in [1.807, 2.05) is 0 Å². The molecule has 3 aromatic carbocycles. The summed E-state index contributed by atoms with van der Waals surface area (Å²) >= 11 is 1.18. The average molecular weight is 523 g/mol. The van der Waals surface area contributed by atoms with Crippen molar-refractivity contribution in [1.29, 1.82) is 0 Å². The summed E-state index contributed by atoms with van der Waals surface area (Å²) in [6, 6.07) is 16.7. The monoisotopic (exact) mass is 522 g/mol. The summed E-state index contributed by atoms with van der Waals surface area (Å²) in [6.45, 7) is 0.302. The van der Waals surface area contributed by atoms with E-state index < -0.39 is 22.6 Å². The van der Waals surface area contributed by atoms with E-state index in [1.54, 1.807) is 29.6 Å². The van der Waals surface area contributed by atoms with E-state index >= 15 is 0 Å². The zero-order chi connectivity index (χ0) is 26.4. The number of hydrogen-bond acceptors (Lipinski definition) is 6. The predicted octanol–water partition coefficient (Wildman–Crippen LogP) is 5.10. The molecule has 0 spiro atoms. The van der Waals surface area contributed by atoms with Gasteiger partial charge in [0.05, 0.1) is 11.5 Å². The van der Waals surface area contributed by atoms with Gasteiger partial charge in [0.1, 0.15) is 22.3 Å². The van der Waals surface area contributed by atoms with Gasteiger partial charge in [-0.3, -0.25) is 19.7 Å². The number of halogens is 2. The number of aromatic nitrogens is 1. The lowest BCUT2D eigenvalue weighted by Crippen LogP contribution is -2.30. The standard InChI is InChI=1S/C26H20F2N4O4S/c27-20-8-4-17(5-9-20)13-29-25(33)23-16-37-24(30-23)15-31(14-18-6-10-21(28)11-7-18)26(34)19-2-1-3-22(12-19)32(35)36/h1-12,16H,13-15H2,(H,29,33). The molecule has 0 saturated carbocycles. The van der Waals surface area contributed by atoms with Crippen molar-refractivity contribution in [2.75, 3.05) is 0 Å². The molecule has 0 atom stereocenters. The van der Waals surface area contributed by atoms with Crippen LogP contribution in [0.2, 0.25) is 0 Å². The van der Waals surface area contributed by atoms with Crippen molar-refractivity contribution < 1.29 is 23.3 Å². The number of carbonyl (C=O) groups is 2. The second-order valence-electron chi connectivity index (χ2n) is 8.03. The van der Waals surface area contributed by atoms with E-state index in [4.69, 9.17) is 0 Å². The zero-order valence-corrected chi connectivity index (χ0v) is 20.1. The summed E-state index contributed by atoms with van der Waals surface area (Å²) in [7, 11) is 0. The van der Waals surface area contributed by atoms with Gasteiger partial charge in [0, 0.05) is 36.2 Å². The lowest BCUT2D eigenvalue weighted by Gasteiger charge is -2.22. The first kappa shape index (κ1) is 25.6. The molecule has 0 aliphatic rings. The first-order chi connectivity index (χ1) is 17.8. The van der Waals surface area contributed by atoms with Crippen LogP contribution < -0.4 is 5.32 Å². The minimum atomic E-state index is -0.585. The van der Waals surface area contributed by atoms with Crippen molar-refractivity contribution >= 4 is 28.8 Å². The Labute approximate surface area is 214 Å².